The highest BCUT2D eigenvalue weighted by Crippen LogP contribution is 2.43. The van der Waals surface area contributed by atoms with Gasteiger partial charge in [-0.2, -0.15) is 10.1 Å². The van der Waals surface area contributed by atoms with Crippen molar-refractivity contribution in [3.05, 3.63) is 75.2 Å². The topological polar surface area (TPSA) is 87.5 Å². The average molecular weight is 527 g/mol. The number of halogens is 1. The molecular formula is C25H27BrN4O4. The number of aryl methyl sites for hydroxylation is 1. The third-order valence-corrected chi connectivity index (χ3v) is 5.98. The second kappa shape index (κ2) is 9.89. The van der Waals surface area contributed by atoms with Crippen LogP contribution in [0.4, 0.5) is 5.95 Å². The number of benzene rings is 2. The van der Waals surface area contributed by atoms with Crippen LogP contribution >= 0.6 is 15.9 Å². The molecule has 0 amide bonds. The quantitative estimate of drug-likeness (QED) is 0.424. The fraction of sp³-hybridized carbons (Fsp3) is 0.320. The summed E-state index contributed by atoms with van der Waals surface area (Å²) >= 11 is 3.64. The molecule has 3 aromatic rings. The zero-order chi connectivity index (χ0) is 24.4. The van der Waals surface area contributed by atoms with Gasteiger partial charge < -0.3 is 19.5 Å². The Labute approximate surface area is 207 Å². The minimum absolute atomic E-state index is 0.260. The van der Waals surface area contributed by atoms with Crippen LogP contribution in [0.2, 0.25) is 0 Å². The average Bonchev–Trinajstić information content (AvgIpc) is 3.24. The number of nitrogens with one attached hydrogen (secondary N) is 1. The molecule has 1 atom stereocenters. The maximum Gasteiger partial charge on any atom is 0.338 e. The Kier molecular flexibility index (Phi) is 6.92. The smallest absolute Gasteiger partial charge is 0.338 e. The van der Waals surface area contributed by atoms with E-state index in [1.54, 1.807) is 11.8 Å². The number of ether oxygens (including phenoxy) is 3. The molecule has 2 aromatic carbocycles. The lowest BCUT2D eigenvalue weighted by molar-refractivity contribution is -0.143. The molecule has 178 valence electrons. The van der Waals surface area contributed by atoms with Gasteiger partial charge in [-0.15, -0.1) is 0 Å². The second-order valence-corrected chi connectivity index (χ2v) is 9.21. The highest BCUT2D eigenvalue weighted by atomic mass is 79.9. The Bertz CT molecular complexity index is 1250. The zero-order valence-corrected chi connectivity index (χ0v) is 21.3. The first kappa shape index (κ1) is 23.8. The molecule has 2 heterocycles. The summed E-state index contributed by atoms with van der Waals surface area (Å²) in [5.74, 6) is 1.23. The van der Waals surface area contributed by atoms with E-state index in [2.05, 4.69) is 37.4 Å². The number of anilines is 1. The number of rotatable bonds is 7. The van der Waals surface area contributed by atoms with Crippen molar-refractivity contribution in [2.24, 2.45) is 0 Å². The van der Waals surface area contributed by atoms with E-state index >= 15 is 0 Å². The van der Waals surface area contributed by atoms with Gasteiger partial charge in [-0.25, -0.2) is 9.48 Å². The Morgan fingerprint density at radius 1 is 1.24 bits per heavy atom. The number of nitrogens with zero attached hydrogens (tertiary/aromatic N) is 3. The molecule has 0 saturated carbocycles. The van der Waals surface area contributed by atoms with Crippen LogP contribution in [0.15, 0.2) is 58.5 Å². The van der Waals surface area contributed by atoms with Gasteiger partial charge in [0.25, 0.3) is 0 Å². The molecular weight excluding hydrogens is 500 g/mol. The first-order valence-electron chi connectivity index (χ1n) is 10.9. The summed E-state index contributed by atoms with van der Waals surface area (Å²) in [6, 6.07) is 11.4. The summed E-state index contributed by atoms with van der Waals surface area (Å²) in [7, 11) is 1.59. The summed E-state index contributed by atoms with van der Waals surface area (Å²) in [6.45, 7) is 7.90. The fourth-order valence-electron chi connectivity index (χ4n) is 3.94. The Morgan fingerprint density at radius 3 is 2.74 bits per heavy atom. The van der Waals surface area contributed by atoms with Crippen molar-refractivity contribution < 1.29 is 19.0 Å². The molecule has 0 radical (unpaired) electrons. The van der Waals surface area contributed by atoms with Crippen LogP contribution in [-0.4, -0.2) is 33.9 Å². The van der Waals surface area contributed by atoms with Gasteiger partial charge in [0.2, 0.25) is 5.95 Å². The molecule has 1 N–H and O–H groups in total. The predicted octanol–water partition coefficient (Wildman–Crippen LogP) is 5.18. The van der Waals surface area contributed by atoms with Crippen LogP contribution in [-0.2, 0) is 16.1 Å². The van der Waals surface area contributed by atoms with Crippen LogP contribution in [0.3, 0.4) is 0 Å². The van der Waals surface area contributed by atoms with Crippen molar-refractivity contribution in [3.8, 4) is 11.5 Å². The molecule has 34 heavy (non-hydrogen) atoms. The third kappa shape index (κ3) is 4.79. The minimum Gasteiger partial charge on any atom is -0.493 e. The molecule has 4 rings (SSSR count). The van der Waals surface area contributed by atoms with E-state index in [1.165, 1.54) is 11.9 Å². The molecule has 1 aromatic heterocycles. The lowest BCUT2D eigenvalue weighted by atomic mass is 9.95. The monoisotopic (exact) mass is 526 g/mol. The van der Waals surface area contributed by atoms with E-state index in [0.29, 0.717) is 39.8 Å². The summed E-state index contributed by atoms with van der Waals surface area (Å²) in [5, 5.41) is 7.51. The number of hydrogen-bond donors (Lipinski definition) is 1. The molecule has 8 nitrogen and oxygen atoms in total. The highest BCUT2D eigenvalue weighted by molar-refractivity contribution is 9.10. The van der Waals surface area contributed by atoms with Crippen LogP contribution in [0, 0.1) is 6.92 Å². The van der Waals surface area contributed by atoms with Gasteiger partial charge in [0.05, 0.1) is 23.3 Å². The van der Waals surface area contributed by atoms with Gasteiger partial charge >= 0.3 is 5.97 Å². The lowest BCUT2D eigenvalue weighted by Gasteiger charge is -2.29. The van der Waals surface area contributed by atoms with E-state index in [-0.39, 0.29) is 6.10 Å². The SMILES string of the molecule is COc1cc(C2C(C(=O)OC(C)C)=C(C)Nc3ncnn32)cc(Br)c1OCc1cccc(C)c1. The Morgan fingerprint density at radius 2 is 2.03 bits per heavy atom. The van der Waals surface area contributed by atoms with Gasteiger partial charge in [0.1, 0.15) is 19.0 Å². The highest BCUT2D eigenvalue weighted by Gasteiger charge is 2.35. The van der Waals surface area contributed by atoms with Crippen molar-refractivity contribution in [3.63, 3.8) is 0 Å². The number of esters is 1. The van der Waals surface area contributed by atoms with Gasteiger partial charge in [0, 0.05) is 5.70 Å². The molecule has 1 unspecified atom stereocenters. The first-order valence-corrected chi connectivity index (χ1v) is 11.7. The molecule has 0 saturated heterocycles. The summed E-state index contributed by atoms with van der Waals surface area (Å²) in [6.07, 6.45) is 1.19. The Hall–Kier alpha value is -3.33. The molecule has 0 bridgehead atoms. The standard InChI is InChI=1S/C25H27BrN4O4/c1-14(2)34-24(31)21-16(4)29-25-27-13-28-30(25)22(21)18-10-19(26)23(20(11-18)32-5)33-12-17-8-6-7-15(3)9-17/h6-11,13-14,22H,12H2,1-5H3,(H,27,28,29). The van der Waals surface area contributed by atoms with Gasteiger partial charge in [0.15, 0.2) is 11.5 Å². The number of fused-ring (bicyclic) bond motifs is 1. The van der Waals surface area contributed by atoms with Gasteiger partial charge in [-0.3, -0.25) is 0 Å². The molecule has 9 heteroatoms. The number of methoxy groups -OCH3 is 1. The number of hydrogen-bond acceptors (Lipinski definition) is 7. The normalized spacial score (nSPS) is 15.1. The van der Waals surface area contributed by atoms with Crippen LogP contribution in [0.25, 0.3) is 0 Å². The maximum atomic E-state index is 13.1. The number of allylic oxidation sites excluding steroid dienone is 1. The van der Waals surface area contributed by atoms with Crippen LogP contribution in [0.5, 0.6) is 11.5 Å². The first-order chi connectivity index (χ1) is 16.3. The molecule has 1 aliphatic rings. The largest absolute Gasteiger partial charge is 0.493 e. The van der Waals surface area contributed by atoms with E-state index in [9.17, 15) is 4.79 Å². The molecule has 0 fully saturated rings. The molecule has 0 spiro atoms. The Balaban J connectivity index is 1.73. The van der Waals surface area contributed by atoms with Crippen LogP contribution < -0.4 is 14.8 Å². The van der Waals surface area contributed by atoms with Crippen molar-refractivity contribution >= 4 is 27.8 Å². The molecule has 0 aliphatic carbocycles. The zero-order valence-electron chi connectivity index (χ0n) is 19.8. The lowest BCUT2D eigenvalue weighted by Crippen LogP contribution is -2.30. The van der Waals surface area contributed by atoms with Crippen molar-refractivity contribution in [1.29, 1.82) is 0 Å². The summed E-state index contributed by atoms with van der Waals surface area (Å²) in [5.41, 5.74) is 4.11. The van der Waals surface area contributed by atoms with Crippen molar-refractivity contribution in [2.75, 3.05) is 12.4 Å². The maximum absolute atomic E-state index is 13.1. The van der Waals surface area contributed by atoms with E-state index in [0.717, 1.165) is 11.1 Å². The van der Waals surface area contributed by atoms with Gasteiger partial charge in [-0.1, -0.05) is 29.8 Å². The minimum atomic E-state index is -0.555. The number of carbonyl (C=O) groups is 1. The van der Waals surface area contributed by atoms with E-state index in [4.69, 9.17) is 14.2 Å². The summed E-state index contributed by atoms with van der Waals surface area (Å²) < 4.78 is 19.7. The van der Waals surface area contributed by atoms with Crippen LogP contribution in [0.1, 0.15) is 43.5 Å². The number of carbonyl (C=O) groups excluding carboxylic acids is 1. The summed E-state index contributed by atoms with van der Waals surface area (Å²) in [4.78, 5) is 17.4. The predicted molar refractivity (Wildman–Crippen MR) is 132 cm³/mol. The number of aromatic nitrogens is 3. The van der Waals surface area contributed by atoms with Crippen molar-refractivity contribution in [2.45, 2.75) is 46.4 Å². The van der Waals surface area contributed by atoms with Crippen molar-refractivity contribution in [1.82, 2.24) is 14.8 Å². The van der Waals surface area contributed by atoms with E-state index in [1.807, 2.05) is 58.0 Å². The van der Waals surface area contributed by atoms with E-state index < -0.39 is 12.0 Å². The second-order valence-electron chi connectivity index (χ2n) is 8.36. The van der Waals surface area contributed by atoms with Gasteiger partial charge in [-0.05, 0) is 66.9 Å². The third-order valence-electron chi connectivity index (χ3n) is 5.39. The molecule has 1 aliphatic heterocycles. The fourth-order valence-corrected chi connectivity index (χ4v) is 4.51.